The van der Waals surface area contributed by atoms with E-state index in [1.807, 2.05) is 72.8 Å². The monoisotopic (exact) mass is 657 g/mol. The molecule has 3 aromatic heterocycles. The molecule has 9 rings (SSSR count). The fourth-order valence-electron chi connectivity index (χ4n) is 5.90. The summed E-state index contributed by atoms with van der Waals surface area (Å²) in [5.74, 6) is 1.72. The molecule has 4 N–H and O–H groups in total. The number of nitrogens with one attached hydrogen (secondary N) is 2. The Morgan fingerprint density at radius 2 is 0.844 bits per heavy atom. The molecule has 7 aromatic rings. The molecule has 0 atom stereocenters. The van der Waals surface area contributed by atoms with E-state index in [9.17, 15) is 8.42 Å². The standard InChI is InChI=1S/C32H19N9O2S.Zn/c33-44(42,43)23-15-7-14-22-24(23)32-40-30-21-13-6-5-12-20(21)28(38-30)36-26-17-9-2-1-8-16(17)25(34-26)35-27-18-10-3-4-11-19(18)29(37-27)39-31(22)41-32;/h1-15H,(H2,33,42,43)(H2,34,35,36,37,38,39,40,41);. The van der Waals surface area contributed by atoms with Gasteiger partial charge in [-0.2, -0.15) is 0 Å². The fraction of sp³-hybridized carbons (Fsp3) is 0. The van der Waals surface area contributed by atoms with Crippen molar-refractivity contribution in [2.24, 2.45) is 5.14 Å². The summed E-state index contributed by atoms with van der Waals surface area (Å²) in [5, 5.41) is 8.26. The number of nitrogens with two attached hydrogens (primary N) is 1. The molecule has 2 aliphatic heterocycles. The molecular formula is C32H19N9O2SZn. The number of hydrogen-bond acceptors (Lipinski definition) is 8. The first-order valence-electron chi connectivity index (χ1n) is 13.7. The third-order valence-corrected chi connectivity index (χ3v) is 8.80. The first-order valence-corrected chi connectivity index (χ1v) is 15.2. The van der Waals surface area contributed by atoms with Gasteiger partial charge in [0, 0.05) is 63.3 Å². The minimum atomic E-state index is -4.12. The number of hydrogen-bond donors (Lipinski definition) is 3. The van der Waals surface area contributed by atoms with Crippen LogP contribution in [0.3, 0.4) is 0 Å². The van der Waals surface area contributed by atoms with Gasteiger partial charge in [0.15, 0.2) is 23.3 Å². The van der Waals surface area contributed by atoms with Gasteiger partial charge in [0.2, 0.25) is 10.0 Å². The third kappa shape index (κ3) is 4.20. The zero-order valence-electron chi connectivity index (χ0n) is 23.4. The molecule has 4 aromatic carbocycles. The summed E-state index contributed by atoms with van der Waals surface area (Å²) >= 11 is 0. The largest absolute Gasteiger partial charge is 0.324 e. The van der Waals surface area contributed by atoms with Gasteiger partial charge in [0.25, 0.3) is 0 Å². The minimum Gasteiger partial charge on any atom is -0.324 e. The van der Waals surface area contributed by atoms with Crippen molar-refractivity contribution >= 4 is 54.2 Å². The second kappa shape index (κ2) is 9.89. The zero-order valence-corrected chi connectivity index (χ0v) is 27.1. The second-order valence-electron chi connectivity index (χ2n) is 10.5. The van der Waals surface area contributed by atoms with Crippen LogP contribution >= 0.6 is 0 Å². The molecule has 0 unspecified atom stereocenters. The van der Waals surface area contributed by atoms with E-state index in [1.54, 1.807) is 12.1 Å². The van der Waals surface area contributed by atoms with Crippen LogP contribution in [-0.2, 0) is 29.5 Å². The van der Waals surface area contributed by atoms with Gasteiger partial charge in [-0.25, -0.2) is 43.5 Å². The number of primary sulfonamides is 1. The molecule has 5 heterocycles. The van der Waals surface area contributed by atoms with Crippen LogP contribution in [0.1, 0.15) is 0 Å². The van der Waals surface area contributed by atoms with Crippen molar-refractivity contribution in [3.8, 4) is 45.6 Å². The van der Waals surface area contributed by atoms with E-state index in [0.29, 0.717) is 51.0 Å². The van der Waals surface area contributed by atoms with E-state index in [-0.39, 0.29) is 30.0 Å². The van der Waals surface area contributed by atoms with Crippen LogP contribution in [0.25, 0.3) is 89.7 Å². The van der Waals surface area contributed by atoms with Crippen molar-refractivity contribution in [2.75, 3.05) is 0 Å². The van der Waals surface area contributed by atoms with Crippen LogP contribution < -0.4 is 5.14 Å². The third-order valence-electron chi connectivity index (χ3n) is 7.85. The Morgan fingerprint density at radius 1 is 0.467 bits per heavy atom. The first-order chi connectivity index (χ1) is 21.4. The van der Waals surface area contributed by atoms with Crippen molar-refractivity contribution in [2.45, 2.75) is 4.90 Å². The van der Waals surface area contributed by atoms with Gasteiger partial charge in [-0.05, 0) is 6.07 Å². The molecule has 13 heteroatoms. The number of rotatable bonds is 1. The minimum absolute atomic E-state index is 0. The van der Waals surface area contributed by atoms with E-state index in [0.717, 1.165) is 33.0 Å². The molecule has 8 bridgehead atoms. The number of aromatic amines is 2. The Labute approximate surface area is 267 Å². The van der Waals surface area contributed by atoms with E-state index in [1.165, 1.54) is 6.07 Å². The number of nitrogens with zero attached hydrogens (tertiary/aromatic N) is 6. The predicted octanol–water partition coefficient (Wildman–Crippen LogP) is 5.51. The molecule has 11 nitrogen and oxygen atoms in total. The van der Waals surface area contributed by atoms with Gasteiger partial charge in [-0.3, -0.25) is 0 Å². The van der Waals surface area contributed by atoms with E-state index in [4.69, 9.17) is 35.0 Å². The SMILES string of the molecule is NS(=O)(=O)c1cccc2c3nc4nc(nc5[nH]c(nc6nc(nc([nH]3)c12)-c1ccccc1-6)c1ccccc51)-c1ccccc1-4.[Zn]. The average molecular weight is 659 g/mol. The molecule has 2 aliphatic rings. The van der Waals surface area contributed by atoms with Crippen LogP contribution in [0, 0.1) is 0 Å². The van der Waals surface area contributed by atoms with E-state index in [2.05, 4.69) is 9.97 Å². The maximum Gasteiger partial charge on any atom is 0.238 e. The molecule has 0 saturated heterocycles. The van der Waals surface area contributed by atoms with Crippen LogP contribution in [0.2, 0.25) is 0 Å². The van der Waals surface area contributed by atoms with Crippen molar-refractivity contribution in [3.63, 3.8) is 0 Å². The summed E-state index contributed by atoms with van der Waals surface area (Å²) in [6.45, 7) is 0. The van der Waals surface area contributed by atoms with Crippen molar-refractivity contribution in [3.05, 3.63) is 91.0 Å². The molecule has 0 aliphatic carbocycles. The average Bonchev–Trinajstić information content (AvgIpc) is 3.76. The second-order valence-corrected chi connectivity index (χ2v) is 12.0. The molecule has 0 saturated carbocycles. The topological polar surface area (TPSA) is 169 Å². The summed E-state index contributed by atoms with van der Waals surface area (Å²) in [5.41, 5.74) is 4.95. The summed E-state index contributed by atoms with van der Waals surface area (Å²) in [7, 11) is -4.12. The van der Waals surface area contributed by atoms with Gasteiger partial charge < -0.3 is 9.97 Å². The maximum atomic E-state index is 12.7. The van der Waals surface area contributed by atoms with Gasteiger partial charge in [-0.15, -0.1) is 0 Å². The smallest absolute Gasteiger partial charge is 0.238 e. The Hall–Kier alpha value is -5.23. The number of H-pyrrole nitrogens is 2. The first kappa shape index (κ1) is 27.3. The van der Waals surface area contributed by atoms with Crippen LogP contribution in [0.5, 0.6) is 0 Å². The van der Waals surface area contributed by atoms with Crippen LogP contribution in [0.15, 0.2) is 95.9 Å². The molecule has 45 heavy (non-hydrogen) atoms. The van der Waals surface area contributed by atoms with Gasteiger partial charge in [0.05, 0.1) is 4.90 Å². The number of fused-ring (bicyclic) bond motifs is 20. The van der Waals surface area contributed by atoms with E-state index < -0.39 is 10.0 Å². The Balaban J connectivity index is 0.00000300. The zero-order chi connectivity index (χ0) is 29.6. The number of aromatic nitrogens is 8. The van der Waals surface area contributed by atoms with Gasteiger partial charge >= 0.3 is 0 Å². The molecule has 0 radical (unpaired) electrons. The summed E-state index contributed by atoms with van der Waals surface area (Å²) in [6, 6.07) is 28.0. The molecule has 212 valence electrons. The summed E-state index contributed by atoms with van der Waals surface area (Å²) in [4.78, 5) is 35.9. The van der Waals surface area contributed by atoms with E-state index >= 15 is 0 Å². The predicted molar refractivity (Wildman–Crippen MR) is 167 cm³/mol. The number of sulfonamides is 1. The van der Waals surface area contributed by atoms with Gasteiger partial charge in [-0.1, -0.05) is 84.9 Å². The Bertz CT molecular complexity index is 2660. The van der Waals surface area contributed by atoms with Gasteiger partial charge in [0.1, 0.15) is 22.6 Å². The fourth-order valence-corrected chi connectivity index (χ4v) is 6.65. The molecule has 0 fully saturated rings. The molecule has 0 spiro atoms. The number of benzene rings is 4. The normalized spacial score (nSPS) is 12.1. The molecular weight excluding hydrogens is 640 g/mol. The summed E-state index contributed by atoms with van der Waals surface area (Å²) in [6.07, 6.45) is 0. The van der Waals surface area contributed by atoms with Crippen molar-refractivity contribution in [1.82, 2.24) is 39.9 Å². The Kier molecular flexibility index (Phi) is 6.01. The summed E-state index contributed by atoms with van der Waals surface area (Å²) < 4.78 is 25.5. The van der Waals surface area contributed by atoms with Crippen LogP contribution in [0.4, 0.5) is 0 Å². The van der Waals surface area contributed by atoms with Crippen LogP contribution in [-0.4, -0.2) is 48.3 Å². The van der Waals surface area contributed by atoms with Crippen molar-refractivity contribution in [1.29, 1.82) is 0 Å². The molecule has 0 amide bonds. The maximum absolute atomic E-state index is 12.7. The van der Waals surface area contributed by atoms with Crippen molar-refractivity contribution < 1.29 is 27.9 Å². The quantitative estimate of drug-likeness (QED) is 0.194. The Morgan fingerprint density at radius 3 is 1.31 bits per heavy atom.